The number of hydrogen-bond acceptors (Lipinski definition) is 3. The molecule has 0 bridgehead atoms. The molecular weight excluding hydrogens is 451 g/mol. The first-order chi connectivity index (χ1) is 15.5. The zero-order valence-electron chi connectivity index (χ0n) is 17.8. The van der Waals surface area contributed by atoms with Crippen LogP contribution in [0.25, 0.3) is 0 Å². The van der Waals surface area contributed by atoms with E-state index < -0.39 is 21.9 Å². The van der Waals surface area contributed by atoms with Gasteiger partial charge in [-0.2, -0.15) is 0 Å². The lowest BCUT2D eigenvalue weighted by Crippen LogP contribution is -2.67. The van der Waals surface area contributed by atoms with E-state index in [9.17, 15) is 18.5 Å². The molecule has 0 radical (unpaired) electrons. The second-order valence-corrected chi connectivity index (χ2v) is 9.91. The van der Waals surface area contributed by atoms with Gasteiger partial charge in [0.05, 0.1) is 0 Å². The first-order valence-corrected chi connectivity index (χ1v) is 12.6. The number of nitrogens with zero attached hydrogens (tertiary/aromatic N) is 1. The van der Waals surface area contributed by atoms with Crippen molar-refractivity contribution in [1.82, 2.24) is 10.2 Å². The lowest BCUT2D eigenvalue weighted by atomic mass is 10.1. The zero-order chi connectivity index (χ0) is 22.9. The standard InChI is InChI=1S/C24H28ClFN2O3S/c25-22-23(30)28(24(22)32(31)17-19-9-5-3-6-10-19)16-21(29)27-15-7-2-1-4-8-18-11-13-20(26)14-12-18/h3,5-6,9-14,22,24H,1-2,4,7-8,15-17H2,(H,27,29)/t22-,24+,32?/m0/s1. The van der Waals surface area contributed by atoms with Crippen LogP contribution >= 0.6 is 11.6 Å². The Morgan fingerprint density at radius 3 is 2.44 bits per heavy atom. The van der Waals surface area contributed by atoms with E-state index in [4.69, 9.17) is 11.6 Å². The van der Waals surface area contributed by atoms with Crippen LogP contribution in [-0.2, 0) is 32.9 Å². The molecule has 2 aromatic rings. The van der Waals surface area contributed by atoms with Crippen LogP contribution in [0.5, 0.6) is 0 Å². The second-order valence-electron chi connectivity index (χ2n) is 7.91. The van der Waals surface area contributed by atoms with Crippen molar-refractivity contribution >= 4 is 34.6 Å². The van der Waals surface area contributed by atoms with Gasteiger partial charge < -0.3 is 9.87 Å². The fourth-order valence-electron chi connectivity index (χ4n) is 3.65. The number of aryl methyl sites for hydroxylation is 1. The van der Waals surface area contributed by atoms with E-state index in [0.717, 1.165) is 43.2 Å². The number of carbonyl (C=O) groups excluding carboxylic acids is 2. The molecule has 0 aliphatic carbocycles. The third-order valence-corrected chi connectivity index (χ3v) is 7.70. The Hall–Kier alpha value is -2.09. The fourth-order valence-corrected chi connectivity index (χ4v) is 5.79. The number of nitrogens with one attached hydrogen (secondary N) is 1. The highest BCUT2D eigenvalue weighted by molar-refractivity contribution is 7.91. The Kier molecular flexibility index (Phi) is 9.38. The quantitative estimate of drug-likeness (QED) is 0.218. The van der Waals surface area contributed by atoms with Gasteiger partial charge in [0.25, 0.3) is 5.91 Å². The Bertz CT molecular complexity index is 885. The number of unbranched alkanes of at least 4 members (excludes halogenated alkanes) is 3. The molecule has 172 valence electrons. The first-order valence-electron chi connectivity index (χ1n) is 10.8. The van der Waals surface area contributed by atoms with Crippen LogP contribution in [0.3, 0.4) is 0 Å². The van der Waals surface area contributed by atoms with Gasteiger partial charge in [-0.25, -0.2) is 4.39 Å². The average Bonchev–Trinajstić information content (AvgIpc) is 2.79. The lowest BCUT2D eigenvalue weighted by Gasteiger charge is -2.43. The molecule has 3 atom stereocenters. The molecule has 3 rings (SSSR count). The molecule has 5 nitrogen and oxygen atoms in total. The van der Waals surface area contributed by atoms with Gasteiger partial charge in [-0.05, 0) is 48.1 Å². The molecule has 1 unspecified atom stereocenters. The molecule has 8 heteroatoms. The van der Waals surface area contributed by atoms with Crippen molar-refractivity contribution in [2.24, 2.45) is 0 Å². The van der Waals surface area contributed by atoms with Gasteiger partial charge in [0.2, 0.25) is 11.3 Å². The average molecular weight is 479 g/mol. The van der Waals surface area contributed by atoms with Gasteiger partial charge >= 0.3 is 0 Å². The van der Waals surface area contributed by atoms with E-state index in [0.29, 0.717) is 6.54 Å². The maximum absolute atomic E-state index is 12.9. The molecule has 1 heterocycles. The molecule has 32 heavy (non-hydrogen) atoms. The van der Waals surface area contributed by atoms with Crippen molar-refractivity contribution in [3.63, 3.8) is 0 Å². The molecule has 0 spiro atoms. The molecule has 2 amide bonds. The largest absolute Gasteiger partial charge is 0.614 e. The van der Waals surface area contributed by atoms with Gasteiger partial charge in [0, 0.05) is 12.1 Å². The van der Waals surface area contributed by atoms with Crippen LogP contribution in [0.4, 0.5) is 4.39 Å². The van der Waals surface area contributed by atoms with Crippen LogP contribution in [-0.4, -0.2) is 45.1 Å². The number of benzene rings is 2. The number of halogens is 2. The molecule has 1 fully saturated rings. The SMILES string of the molecule is O=C(CN1C(=O)[C@H](Cl)[C@H]1[S+]([O-])Cc1ccccc1)NCCCCCCc1ccc(F)cc1. The molecule has 0 aromatic heterocycles. The monoisotopic (exact) mass is 478 g/mol. The minimum absolute atomic E-state index is 0.127. The van der Waals surface area contributed by atoms with Crippen LogP contribution in [0.2, 0.25) is 0 Å². The third-order valence-electron chi connectivity index (χ3n) is 5.44. The highest BCUT2D eigenvalue weighted by Crippen LogP contribution is 2.31. The van der Waals surface area contributed by atoms with E-state index in [-0.39, 0.29) is 29.9 Å². The number of β-lactam (4-membered cyclic amide) rings is 1. The summed E-state index contributed by atoms with van der Waals surface area (Å²) in [5.74, 6) is -0.554. The van der Waals surface area contributed by atoms with Gasteiger partial charge in [-0.3, -0.25) is 14.5 Å². The van der Waals surface area contributed by atoms with Crippen molar-refractivity contribution in [2.45, 2.75) is 48.6 Å². The second kappa shape index (κ2) is 12.2. The molecule has 1 aliphatic rings. The summed E-state index contributed by atoms with van der Waals surface area (Å²) in [7, 11) is 0. The maximum atomic E-state index is 12.9. The smallest absolute Gasteiger partial charge is 0.252 e. The maximum Gasteiger partial charge on any atom is 0.252 e. The van der Waals surface area contributed by atoms with E-state index in [1.807, 2.05) is 30.3 Å². The summed E-state index contributed by atoms with van der Waals surface area (Å²) in [4.78, 5) is 25.7. The van der Waals surface area contributed by atoms with Gasteiger partial charge in [0.15, 0.2) is 5.38 Å². The molecule has 2 aromatic carbocycles. The molecule has 1 aliphatic heterocycles. The zero-order valence-corrected chi connectivity index (χ0v) is 19.4. The van der Waals surface area contributed by atoms with E-state index >= 15 is 0 Å². The Labute approximate surface area is 196 Å². The van der Waals surface area contributed by atoms with E-state index in [1.165, 1.54) is 17.0 Å². The third kappa shape index (κ3) is 6.95. The number of rotatable bonds is 12. The Morgan fingerprint density at radius 1 is 1.03 bits per heavy atom. The first kappa shape index (κ1) is 24.6. The number of carbonyl (C=O) groups is 2. The van der Waals surface area contributed by atoms with Crippen LogP contribution in [0, 0.1) is 5.82 Å². The predicted octanol–water partition coefficient (Wildman–Crippen LogP) is 3.77. The predicted molar refractivity (Wildman–Crippen MR) is 125 cm³/mol. The number of hydrogen-bond donors (Lipinski definition) is 1. The van der Waals surface area contributed by atoms with Gasteiger partial charge in [-0.15, -0.1) is 11.6 Å². The number of likely N-dealkylation sites (tertiary alicyclic amines) is 1. The van der Waals surface area contributed by atoms with Crippen molar-refractivity contribution in [3.05, 3.63) is 71.5 Å². The normalized spacial score (nSPS) is 18.8. The molecular formula is C24H28ClFN2O3S. The van der Waals surface area contributed by atoms with Crippen LogP contribution in [0.1, 0.15) is 36.8 Å². The summed E-state index contributed by atoms with van der Waals surface area (Å²) in [5, 5.41) is 1.32. The Balaban J connectivity index is 1.32. The van der Waals surface area contributed by atoms with Crippen molar-refractivity contribution in [1.29, 1.82) is 0 Å². The van der Waals surface area contributed by atoms with Gasteiger partial charge in [-0.1, -0.05) is 55.3 Å². The summed E-state index contributed by atoms with van der Waals surface area (Å²) >= 11 is 4.72. The number of amides is 2. The summed E-state index contributed by atoms with van der Waals surface area (Å²) in [5.41, 5.74) is 2.02. The minimum Gasteiger partial charge on any atom is -0.614 e. The minimum atomic E-state index is -1.38. The molecule has 1 N–H and O–H groups in total. The summed E-state index contributed by atoms with van der Waals surface area (Å²) in [6.07, 6.45) is 4.74. The molecule has 0 saturated carbocycles. The van der Waals surface area contributed by atoms with Crippen LogP contribution < -0.4 is 5.32 Å². The van der Waals surface area contributed by atoms with Gasteiger partial charge in [0.1, 0.15) is 18.1 Å². The van der Waals surface area contributed by atoms with E-state index in [1.54, 1.807) is 12.1 Å². The van der Waals surface area contributed by atoms with Crippen molar-refractivity contribution in [2.75, 3.05) is 13.1 Å². The number of alkyl halides is 1. The summed E-state index contributed by atoms with van der Waals surface area (Å²) in [6.45, 7) is 0.400. The summed E-state index contributed by atoms with van der Waals surface area (Å²) in [6, 6.07) is 15.9. The highest BCUT2D eigenvalue weighted by Gasteiger charge is 2.54. The van der Waals surface area contributed by atoms with Crippen LogP contribution in [0.15, 0.2) is 54.6 Å². The van der Waals surface area contributed by atoms with Crippen molar-refractivity contribution in [3.8, 4) is 0 Å². The fraction of sp³-hybridized carbons (Fsp3) is 0.417. The molecule has 1 saturated heterocycles. The Morgan fingerprint density at radius 2 is 1.72 bits per heavy atom. The van der Waals surface area contributed by atoms with Crippen molar-refractivity contribution < 1.29 is 18.5 Å². The lowest BCUT2D eigenvalue weighted by molar-refractivity contribution is -0.145. The topological polar surface area (TPSA) is 72.5 Å². The highest BCUT2D eigenvalue weighted by atomic mass is 35.5. The van der Waals surface area contributed by atoms with E-state index in [2.05, 4.69) is 5.32 Å². The summed E-state index contributed by atoms with van der Waals surface area (Å²) < 4.78 is 25.6.